The van der Waals surface area contributed by atoms with Crippen LogP contribution in [0.1, 0.15) is 37.9 Å². The zero-order valence-electron chi connectivity index (χ0n) is 9.99. The topological polar surface area (TPSA) is 95.6 Å². The van der Waals surface area contributed by atoms with Crippen molar-refractivity contribution >= 4 is 5.91 Å². The van der Waals surface area contributed by atoms with Gasteiger partial charge >= 0.3 is 0 Å². The molecule has 1 heterocycles. The van der Waals surface area contributed by atoms with E-state index in [9.17, 15) is 4.79 Å². The van der Waals surface area contributed by atoms with E-state index in [1.165, 1.54) is 0 Å². The zero-order valence-corrected chi connectivity index (χ0v) is 9.99. The smallest absolute Gasteiger partial charge is 0.222 e. The number of hydrogen-bond acceptors (Lipinski definition) is 5. The third kappa shape index (κ3) is 2.60. The number of carbonyl (C=O) groups is 1. The van der Waals surface area contributed by atoms with Crippen LogP contribution >= 0.6 is 0 Å². The molecule has 1 aromatic heterocycles. The summed E-state index contributed by atoms with van der Waals surface area (Å²) < 4.78 is 0. The second kappa shape index (κ2) is 5.22. The molecule has 0 unspecified atom stereocenters. The number of rotatable bonds is 5. The second-order valence-corrected chi connectivity index (χ2v) is 4.43. The Morgan fingerprint density at radius 2 is 2.24 bits per heavy atom. The van der Waals surface area contributed by atoms with Gasteiger partial charge in [0.1, 0.15) is 5.54 Å². The third-order valence-electron chi connectivity index (χ3n) is 3.21. The minimum Gasteiger partial charge on any atom is -0.343 e. The van der Waals surface area contributed by atoms with E-state index in [-0.39, 0.29) is 5.91 Å². The maximum Gasteiger partial charge on any atom is 0.222 e. The fourth-order valence-electron chi connectivity index (χ4n) is 2.32. The standard InChI is InChI=1S/C10H18N6O/c1-11-7-4-8(17)12-10(5-2-3-6-10)9-13-15-16-14-9/h11H,2-7H2,1H3,(H,12,17)(H,13,14,15,16). The van der Waals surface area contributed by atoms with Crippen LogP contribution in [0.25, 0.3) is 0 Å². The van der Waals surface area contributed by atoms with E-state index in [1.54, 1.807) is 0 Å². The van der Waals surface area contributed by atoms with Crippen LogP contribution in [0.5, 0.6) is 0 Å². The van der Waals surface area contributed by atoms with Crippen molar-refractivity contribution in [3.63, 3.8) is 0 Å². The fraction of sp³-hybridized carbons (Fsp3) is 0.800. The molecule has 0 radical (unpaired) electrons. The quantitative estimate of drug-likeness (QED) is 0.654. The summed E-state index contributed by atoms with van der Waals surface area (Å²) in [4.78, 5) is 11.8. The van der Waals surface area contributed by atoms with Crippen LogP contribution in [0, 0.1) is 0 Å². The number of carbonyl (C=O) groups excluding carboxylic acids is 1. The molecule has 7 nitrogen and oxygen atoms in total. The summed E-state index contributed by atoms with van der Waals surface area (Å²) in [5.74, 6) is 0.638. The van der Waals surface area contributed by atoms with Gasteiger partial charge in [-0.3, -0.25) is 4.79 Å². The lowest BCUT2D eigenvalue weighted by Crippen LogP contribution is -2.45. The first-order chi connectivity index (χ1) is 8.27. The van der Waals surface area contributed by atoms with Crippen LogP contribution in [0.15, 0.2) is 0 Å². The van der Waals surface area contributed by atoms with Gasteiger partial charge in [-0.2, -0.15) is 5.21 Å². The number of hydrogen-bond donors (Lipinski definition) is 3. The SMILES string of the molecule is CNCCC(=O)NC1(c2nn[nH]n2)CCCC1. The molecule has 1 fully saturated rings. The van der Waals surface area contributed by atoms with E-state index < -0.39 is 5.54 Å². The minimum atomic E-state index is -0.405. The van der Waals surface area contributed by atoms with Crippen molar-refractivity contribution in [3.8, 4) is 0 Å². The first kappa shape index (κ1) is 12.0. The normalized spacial score (nSPS) is 18.2. The van der Waals surface area contributed by atoms with Gasteiger partial charge in [-0.1, -0.05) is 18.1 Å². The predicted octanol–water partition coefficient (Wildman–Crippen LogP) is -0.305. The zero-order chi connectivity index (χ0) is 12.1. The number of nitrogens with one attached hydrogen (secondary N) is 3. The Morgan fingerprint density at radius 3 is 2.82 bits per heavy atom. The summed E-state index contributed by atoms with van der Waals surface area (Å²) >= 11 is 0. The molecule has 1 aromatic rings. The molecule has 0 aromatic carbocycles. The molecule has 94 valence electrons. The Morgan fingerprint density at radius 1 is 1.47 bits per heavy atom. The highest BCUT2D eigenvalue weighted by Crippen LogP contribution is 2.36. The predicted molar refractivity (Wildman–Crippen MR) is 61.0 cm³/mol. The molecule has 0 bridgehead atoms. The first-order valence-electron chi connectivity index (χ1n) is 5.96. The van der Waals surface area contributed by atoms with E-state index >= 15 is 0 Å². The average molecular weight is 238 g/mol. The molecule has 3 N–H and O–H groups in total. The largest absolute Gasteiger partial charge is 0.343 e. The summed E-state index contributed by atoms with van der Waals surface area (Å²) in [5, 5.41) is 20.1. The molecule has 1 aliphatic rings. The Labute approximate surface area is 99.7 Å². The molecular formula is C10H18N6O. The molecule has 1 saturated carbocycles. The summed E-state index contributed by atoms with van der Waals surface area (Å²) in [6.45, 7) is 0.675. The van der Waals surface area contributed by atoms with Crippen molar-refractivity contribution in [3.05, 3.63) is 5.82 Å². The monoisotopic (exact) mass is 238 g/mol. The molecule has 1 amide bonds. The van der Waals surface area contributed by atoms with Crippen LogP contribution in [-0.4, -0.2) is 40.1 Å². The lowest BCUT2D eigenvalue weighted by atomic mass is 9.96. The Bertz CT molecular complexity index is 357. The number of tetrazole rings is 1. The van der Waals surface area contributed by atoms with Gasteiger partial charge in [0.2, 0.25) is 5.91 Å². The Hall–Kier alpha value is -1.50. The van der Waals surface area contributed by atoms with Crippen molar-refractivity contribution in [1.82, 2.24) is 31.3 Å². The molecule has 0 atom stereocenters. The summed E-state index contributed by atoms with van der Waals surface area (Å²) in [6, 6.07) is 0. The summed E-state index contributed by atoms with van der Waals surface area (Å²) in [7, 11) is 1.83. The van der Waals surface area contributed by atoms with E-state index in [2.05, 4.69) is 31.3 Å². The van der Waals surface area contributed by atoms with Gasteiger partial charge in [0.05, 0.1) is 0 Å². The van der Waals surface area contributed by atoms with Crippen molar-refractivity contribution in [1.29, 1.82) is 0 Å². The van der Waals surface area contributed by atoms with Crippen molar-refractivity contribution < 1.29 is 4.79 Å². The highest BCUT2D eigenvalue weighted by molar-refractivity contribution is 5.77. The fourth-order valence-corrected chi connectivity index (χ4v) is 2.32. The van der Waals surface area contributed by atoms with Crippen LogP contribution < -0.4 is 10.6 Å². The van der Waals surface area contributed by atoms with Crippen LogP contribution in [0.3, 0.4) is 0 Å². The lowest BCUT2D eigenvalue weighted by molar-refractivity contribution is -0.123. The molecule has 2 rings (SSSR count). The highest BCUT2D eigenvalue weighted by Gasteiger charge is 2.40. The van der Waals surface area contributed by atoms with Gasteiger partial charge in [-0.15, -0.1) is 10.2 Å². The van der Waals surface area contributed by atoms with Gasteiger partial charge in [-0.25, -0.2) is 0 Å². The number of H-pyrrole nitrogens is 1. The van der Waals surface area contributed by atoms with Gasteiger partial charge in [0.25, 0.3) is 0 Å². The molecule has 0 aliphatic heterocycles. The van der Waals surface area contributed by atoms with Gasteiger partial charge < -0.3 is 10.6 Å². The van der Waals surface area contributed by atoms with E-state index in [0.717, 1.165) is 25.7 Å². The summed E-state index contributed by atoms with van der Waals surface area (Å²) in [5.41, 5.74) is -0.405. The molecule has 7 heteroatoms. The van der Waals surface area contributed by atoms with Gasteiger partial charge in [0.15, 0.2) is 5.82 Å². The molecular weight excluding hydrogens is 220 g/mol. The number of aromatic amines is 1. The Balaban J connectivity index is 2.05. The Kier molecular flexibility index (Phi) is 3.68. The number of amides is 1. The average Bonchev–Trinajstić information content (AvgIpc) is 2.96. The molecule has 0 spiro atoms. The summed E-state index contributed by atoms with van der Waals surface area (Å²) in [6.07, 6.45) is 4.41. The van der Waals surface area contributed by atoms with Crippen LogP contribution in [0.4, 0.5) is 0 Å². The van der Waals surface area contributed by atoms with Gasteiger partial charge in [-0.05, 0) is 19.9 Å². The van der Waals surface area contributed by atoms with Crippen molar-refractivity contribution in [2.75, 3.05) is 13.6 Å². The van der Waals surface area contributed by atoms with Crippen LogP contribution in [-0.2, 0) is 10.3 Å². The van der Waals surface area contributed by atoms with Crippen LogP contribution in [0.2, 0.25) is 0 Å². The first-order valence-corrected chi connectivity index (χ1v) is 5.96. The maximum atomic E-state index is 11.8. The molecule has 1 aliphatic carbocycles. The number of nitrogens with zero attached hydrogens (tertiary/aromatic N) is 3. The molecule has 0 saturated heterocycles. The highest BCUT2D eigenvalue weighted by atomic mass is 16.1. The van der Waals surface area contributed by atoms with Crippen molar-refractivity contribution in [2.24, 2.45) is 0 Å². The second-order valence-electron chi connectivity index (χ2n) is 4.43. The third-order valence-corrected chi connectivity index (χ3v) is 3.21. The lowest BCUT2D eigenvalue weighted by Gasteiger charge is -2.26. The van der Waals surface area contributed by atoms with E-state index in [4.69, 9.17) is 0 Å². The number of aromatic nitrogens is 4. The minimum absolute atomic E-state index is 0.0334. The van der Waals surface area contributed by atoms with E-state index in [1.807, 2.05) is 7.05 Å². The molecule has 17 heavy (non-hydrogen) atoms. The van der Waals surface area contributed by atoms with E-state index in [0.29, 0.717) is 18.8 Å². The van der Waals surface area contributed by atoms with Crippen molar-refractivity contribution in [2.45, 2.75) is 37.6 Å². The maximum absolute atomic E-state index is 11.8. The van der Waals surface area contributed by atoms with Gasteiger partial charge in [0, 0.05) is 13.0 Å².